The molecule has 4 amide bonds. The largest absolute Gasteiger partial charge is 0.436 e. The number of ether oxygens (including phenoxy) is 1. The molecule has 4 atom stereocenters. The van der Waals surface area contributed by atoms with Crippen molar-refractivity contribution in [1.82, 2.24) is 19.9 Å². The average molecular weight is 647 g/mol. The van der Waals surface area contributed by atoms with Crippen molar-refractivity contribution in [1.29, 1.82) is 0 Å². The Hall–Kier alpha value is -2.71. The van der Waals surface area contributed by atoms with Gasteiger partial charge in [-0.2, -0.15) is 0 Å². The van der Waals surface area contributed by atoms with Gasteiger partial charge in [-0.15, -0.1) is 0 Å². The van der Waals surface area contributed by atoms with Crippen molar-refractivity contribution >= 4 is 61.4 Å². The Balaban J connectivity index is 1.59. The maximum absolute atomic E-state index is 13.5. The van der Waals surface area contributed by atoms with Gasteiger partial charge in [0.2, 0.25) is 5.91 Å². The van der Waals surface area contributed by atoms with E-state index in [4.69, 9.17) is 22.1 Å². The van der Waals surface area contributed by atoms with Crippen LogP contribution in [0.1, 0.15) is 51.4 Å². The molecular weight excluding hydrogens is 618 g/mol. The van der Waals surface area contributed by atoms with Crippen LogP contribution in [-0.2, 0) is 29.1 Å². The number of amides is 4. The van der Waals surface area contributed by atoms with Gasteiger partial charge in [0.05, 0.1) is 4.47 Å². The number of fused-ring (bicyclic) bond motifs is 2. The number of hydrogen-bond acceptors (Lipinski definition) is 8. The number of primary amides is 1. The normalized spacial score (nSPS) is 28.7. The van der Waals surface area contributed by atoms with Crippen molar-refractivity contribution < 1.29 is 32.3 Å². The first-order valence-electron chi connectivity index (χ1n) is 12.6. The molecule has 4 rings (SSSR count). The number of allylic oxidation sites excluding steroid dienone is 1. The van der Waals surface area contributed by atoms with Gasteiger partial charge >= 0.3 is 6.09 Å². The first kappa shape index (κ1) is 29.3. The van der Waals surface area contributed by atoms with Crippen LogP contribution in [-0.4, -0.2) is 66.3 Å². The molecule has 1 saturated heterocycles. The van der Waals surface area contributed by atoms with Gasteiger partial charge in [-0.25, -0.2) is 22.9 Å². The topological polar surface area (TPSA) is 178 Å². The van der Waals surface area contributed by atoms with Crippen LogP contribution in [0, 0.1) is 5.92 Å². The number of carbonyl (C=O) groups is 4. The Labute approximate surface area is 239 Å². The molecule has 12 nitrogen and oxygen atoms in total. The van der Waals surface area contributed by atoms with Crippen LogP contribution in [0.25, 0.3) is 0 Å². The lowest BCUT2D eigenvalue weighted by molar-refractivity contribution is -0.146. The summed E-state index contributed by atoms with van der Waals surface area (Å²) >= 11 is 8.97. The Morgan fingerprint density at radius 2 is 2.00 bits per heavy atom. The van der Waals surface area contributed by atoms with E-state index in [0.29, 0.717) is 25.7 Å². The minimum Gasteiger partial charge on any atom is -0.436 e. The standard InChI is InChI=1S/C24H29BrClN5O7S/c25-16-11-15(13-28-19(16)26)39(36,37)30-22(34)24-12-14(24)7-4-2-1-3-5-9-18(38-23(27)35)21(33)31-10-6-8-17(31)20(32)29-24/h4,7,11,13-14,17-18H,1-3,5-6,8-10,12H2,(H2,27,35)(H,29,32)(H,30,34)/b7-4+. The highest BCUT2D eigenvalue weighted by atomic mass is 79.9. The van der Waals surface area contributed by atoms with Gasteiger partial charge in [0.15, 0.2) is 6.10 Å². The molecule has 3 heterocycles. The molecule has 0 spiro atoms. The molecular formula is C24H29BrClN5O7S. The van der Waals surface area contributed by atoms with Gasteiger partial charge in [-0.3, -0.25) is 14.4 Å². The monoisotopic (exact) mass is 645 g/mol. The molecule has 1 aromatic heterocycles. The lowest BCUT2D eigenvalue weighted by Crippen LogP contribution is -2.57. The van der Waals surface area contributed by atoms with E-state index in [2.05, 4.69) is 31.0 Å². The van der Waals surface area contributed by atoms with E-state index >= 15 is 0 Å². The lowest BCUT2D eigenvalue weighted by atomic mass is 10.1. The van der Waals surface area contributed by atoms with E-state index in [9.17, 15) is 27.6 Å². The smallest absolute Gasteiger partial charge is 0.405 e. The second kappa shape index (κ2) is 11.8. The fraction of sp³-hybridized carbons (Fsp3) is 0.542. The zero-order valence-electron chi connectivity index (χ0n) is 20.9. The van der Waals surface area contributed by atoms with Crippen molar-refractivity contribution in [2.75, 3.05) is 6.54 Å². The SMILES string of the molecule is NC(=O)OC1CCCCC/C=C/C2CC2(C(=O)NS(=O)(=O)c2cnc(Cl)c(Br)c2)NC(=O)C2CCCN2C1=O. The Bertz CT molecular complexity index is 1310. The van der Waals surface area contributed by atoms with E-state index in [1.807, 2.05) is 12.2 Å². The third-order valence-electron chi connectivity index (χ3n) is 7.15. The van der Waals surface area contributed by atoms with Gasteiger partial charge < -0.3 is 20.7 Å². The van der Waals surface area contributed by atoms with Crippen molar-refractivity contribution in [2.24, 2.45) is 11.7 Å². The van der Waals surface area contributed by atoms with Crippen LogP contribution >= 0.6 is 27.5 Å². The summed E-state index contributed by atoms with van der Waals surface area (Å²) in [5, 5.41) is 2.79. The summed E-state index contributed by atoms with van der Waals surface area (Å²) in [5.74, 6) is -2.44. The molecule has 2 fully saturated rings. The van der Waals surface area contributed by atoms with Crippen LogP contribution < -0.4 is 15.8 Å². The van der Waals surface area contributed by atoms with E-state index in [1.54, 1.807) is 0 Å². The molecule has 1 saturated carbocycles. The molecule has 39 heavy (non-hydrogen) atoms. The van der Waals surface area contributed by atoms with Gasteiger partial charge in [-0.05, 0) is 66.9 Å². The number of hydrogen-bond donors (Lipinski definition) is 3. The highest BCUT2D eigenvalue weighted by molar-refractivity contribution is 9.10. The molecule has 2 aliphatic heterocycles. The predicted octanol–water partition coefficient (Wildman–Crippen LogP) is 2.15. The van der Waals surface area contributed by atoms with E-state index < -0.39 is 57.4 Å². The van der Waals surface area contributed by atoms with Crippen LogP contribution in [0.3, 0.4) is 0 Å². The molecule has 0 bridgehead atoms. The average Bonchev–Trinajstić information content (AvgIpc) is 3.33. The number of aromatic nitrogens is 1. The fourth-order valence-electron chi connectivity index (χ4n) is 5.00. The summed E-state index contributed by atoms with van der Waals surface area (Å²) in [4.78, 5) is 56.4. The van der Waals surface area contributed by atoms with Crippen LogP contribution in [0.4, 0.5) is 4.79 Å². The quantitative estimate of drug-likeness (QED) is 0.329. The summed E-state index contributed by atoms with van der Waals surface area (Å²) < 4.78 is 33.3. The minimum absolute atomic E-state index is 0.0551. The maximum atomic E-state index is 13.5. The first-order chi connectivity index (χ1) is 18.4. The molecule has 212 valence electrons. The van der Waals surface area contributed by atoms with Crippen molar-refractivity contribution in [3.05, 3.63) is 34.0 Å². The first-order valence-corrected chi connectivity index (χ1v) is 15.2. The van der Waals surface area contributed by atoms with Crippen LogP contribution in [0.5, 0.6) is 0 Å². The predicted molar refractivity (Wildman–Crippen MR) is 143 cm³/mol. The molecule has 1 aliphatic carbocycles. The molecule has 1 aromatic rings. The zero-order chi connectivity index (χ0) is 28.4. The number of pyridine rings is 1. The van der Waals surface area contributed by atoms with Gasteiger partial charge in [0, 0.05) is 18.7 Å². The molecule has 4 N–H and O–H groups in total. The Kier molecular flexibility index (Phi) is 8.86. The Morgan fingerprint density at radius 3 is 2.72 bits per heavy atom. The molecule has 0 aromatic carbocycles. The van der Waals surface area contributed by atoms with Crippen molar-refractivity contribution in [2.45, 2.75) is 73.9 Å². The third-order valence-corrected chi connectivity index (χ3v) is 9.58. The zero-order valence-corrected chi connectivity index (χ0v) is 24.1. The number of sulfonamides is 1. The van der Waals surface area contributed by atoms with Crippen LogP contribution in [0.2, 0.25) is 5.15 Å². The van der Waals surface area contributed by atoms with Crippen molar-refractivity contribution in [3.63, 3.8) is 0 Å². The van der Waals surface area contributed by atoms with E-state index in [-0.39, 0.29) is 33.9 Å². The molecule has 0 radical (unpaired) electrons. The van der Waals surface area contributed by atoms with Crippen molar-refractivity contribution in [3.8, 4) is 0 Å². The number of nitrogens with one attached hydrogen (secondary N) is 2. The maximum Gasteiger partial charge on any atom is 0.405 e. The second-order valence-electron chi connectivity index (χ2n) is 9.83. The second-order valence-corrected chi connectivity index (χ2v) is 12.7. The summed E-state index contributed by atoms with van der Waals surface area (Å²) in [6.45, 7) is 0.269. The molecule has 3 aliphatic rings. The summed E-state index contributed by atoms with van der Waals surface area (Å²) in [5.41, 5.74) is 3.67. The number of carbonyl (C=O) groups excluding carboxylic acids is 4. The minimum atomic E-state index is -4.34. The highest BCUT2D eigenvalue weighted by Crippen LogP contribution is 2.46. The number of nitrogens with zero attached hydrogens (tertiary/aromatic N) is 2. The number of halogens is 2. The van der Waals surface area contributed by atoms with Crippen LogP contribution in [0.15, 0.2) is 33.8 Å². The van der Waals surface area contributed by atoms with E-state index in [1.165, 1.54) is 11.0 Å². The summed E-state index contributed by atoms with van der Waals surface area (Å²) in [7, 11) is -4.34. The van der Waals surface area contributed by atoms with Gasteiger partial charge in [0.25, 0.3) is 21.8 Å². The highest BCUT2D eigenvalue weighted by Gasteiger charge is 2.61. The fourth-order valence-corrected chi connectivity index (χ4v) is 6.61. The molecule has 4 unspecified atom stereocenters. The number of nitrogens with two attached hydrogens (primary N) is 1. The Morgan fingerprint density at radius 1 is 1.23 bits per heavy atom. The van der Waals surface area contributed by atoms with E-state index in [0.717, 1.165) is 19.0 Å². The lowest BCUT2D eigenvalue weighted by Gasteiger charge is -2.29. The molecule has 15 heteroatoms. The third kappa shape index (κ3) is 6.55. The summed E-state index contributed by atoms with van der Waals surface area (Å²) in [6, 6.07) is 0.304. The summed E-state index contributed by atoms with van der Waals surface area (Å²) in [6.07, 6.45) is 6.70. The number of rotatable bonds is 4. The van der Waals surface area contributed by atoms with Gasteiger partial charge in [0.1, 0.15) is 21.6 Å². The van der Waals surface area contributed by atoms with Gasteiger partial charge in [-0.1, -0.05) is 30.2 Å².